The molecular weight excluding hydrogens is 234 g/mol. The van der Waals surface area contributed by atoms with Gasteiger partial charge in [-0.15, -0.1) is 0 Å². The van der Waals surface area contributed by atoms with E-state index in [0.29, 0.717) is 0 Å². The fraction of sp³-hybridized carbons (Fsp3) is 0.647. The van der Waals surface area contributed by atoms with Crippen molar-refractivity contribution < 1.29 is 10.0 Å². The first-order chi connectivity index (χ1) is 9.24. The zero-order chi connectivity index (χ0) is 13.7. The van der Waals surface area contributed by atoms with E-state index in [9.17, 15) is 5.11 Å². The molecule has 1 aliphatic rings. The average molecular weight is 262 g/mol. The van der Waals surface area contributed by atoms with Crippen LogP contribution in [-0.4, -0.2) is 24.7 Å². The third kappa shape index (κ3) is 3.80. The highest BCUT2D eigenvalue weighted by Crippen LogP contribution is 2.34. The van der Waals surface area contributed by atoms with Gasteiger partial charge in [-0.1, -0.05) is 37.1 Å². The first-order valence-corrected chi connectivity index (χ1v) is 7.86. The van der Waals surface area contributed by atoms with Crippen LogP contribution in [0.5, 0.6) is 0 Å². The Labute approximate surface area is 117 Å². The van der Waals surface area contributed by atoms with E-state index < -0.39 is 0 Å². The Morgan fingerprint density at radius 3 is 2.21 bits per heavy atom. The minimum atomic E-state index is -0.326. The molecule has 0 aromatic heterocycles. The van der Waals surface area contributed by atoms with Gasteiger partial charge in [-0.2, -0.15) is 0 Å². The Balaban J connectivity index is 1.97. The second-order valence-corrected chi connectivity index (χ2v) is 5.83. The molecule has 1 fully saturated rings. The van der Waals surface area contributed by atoms with Crippen LogP contribution in [0.25, 0.3) is 0 Å². The van der Waals surface area contributed by atoms with Crippen LogP contribution in [0.15, 0.2) is 24.3 Å². The molecule has 0 aliphatic heterocycles. The number of likely N-dealkylation sites (N-methyl/N-ethyl adjacent to an activating group) is 1. The van der Waals surface area contributed by atoms with Crippen LogP contribution in [0.4, 0.5) is 0 Å². The SMILES string of the molecule is CC[NH+](CC)C[C@H](O)c1ccc(C2CCCC2)cc1. The molecule has 2 rings (SSSR count). The van der Waals surface area contributed by atoms with E-state index in [4.69, 9.17) is 0 Å². The lowest BCUT2D eigenvalue weighted by Crippen LogP contribution is -3.11. The van der Waals surface area contributed by atoms with Crippen LogP contribution in [0.2, 0.25) is 0 Å². The van der Waals surface area contributed by atoms with Gasteiger partial charge in [-0.25, -0.2) is 0 Å². The molecule has 0 heterocycles. The summed E-state index contributed by atoms with van der Waals surface area (Å²) >= 11 is 0. The van der Waals surface area contributed by atoms with Crippen molar-refractivity contribution in [3.63, 3.8) is 0 Å². The summed E-state index contributed by atoms with van der Waals surface area (Å²) in [6, 6.07) is 8.71. The molecule has 0 saturated heterocycles. The van der Waals surface area contributed by atoms with Crippen molar-refractivity contribution in [2.24, 2.45) is 0 Å². The predicted molar refractivity (Wildman–Crippen MR) is 79.5 cm³/mol. The van der Waals surface area contributed by atoms with E-state index in [1.165, 1.54) is 36.1 Å². The molecule has 2 nitrogen and oxygen atoms in total. The summed E-state index contributed by atoms with van der Waals surface area (Å²) in [5, 5.41) is 10.3. The normalized spacial score (nSPS) is 18.1. The van der Waals surface area contributed by atoms with Gasteiger partial charge in [0.2, 0.25) is 0 Å². The van der Waals surface area contributed by atoms with E-state index in [2.05, 4.69) is 38.1 Å². The van der Waals surface area contributed by atoms with Crippen molar-refractivity contribution >= 4 is 0 Å². The van der Waals surface area contributed by atoms with E-state index >= 15 is 0 Å². The van der Waals surface area contributed by atoms with Crippen LogP contribution < -0.4 is 4.90 Å². The van der Waals surface area contributed by atoms with Crippen LogP contribution in [0.1, 0.15) is 62.7 Å². The molecule has 0 spiro atoms. The van der Waals surface area contributed by atoms with Crippen molar-refractivity contribution in [2.75, 3.05) is 19.6 Å². The summed E-state index contributed by atoms with van der Waals surface area (Å²) in [5.41, 5.74) is 2.53. The van der Waals surface area contributed by atoms with Crippen LogP contribution >= 0.6 is 0 Å². The zero-order valence-corrected chi connectivity index (χ0v) is 12.4. The van der Waals surface area contributed by atoms with E-state index in [1.807, 2.05) is 0 Å². The number of aliphatic hydroxyl groups is 1. The van der Waals surface area contributed by atoms with Crippen LogP contribution in [0.3, 0.4) is 0 Å². The summed E-state index contributed by atoms with van der Waals surface area (Å²) in [6.07, 6.45) is 5.10. The fourth-order valence-electron chi connectivity index (χ4n) is 3.18. The molecule has 1 aromatic carbocycles. The van der Waals surface area contributed by atoms with Gasteiger partial charge in [0, 0.05) is 0 Å². The maximum atomic E-state index is 10.3. The van der Waals surface area contributed by atoms with Crippen molar-refractivity contribution in [3.05, 3.63) is 35.4 Å². The predicted octanol–water partition coefficient (Wildman–Crippen LogP) is 2.30. The van der Waals surface area contributed by atoms with Gasteiger partial charge in [-0.3, -0.25) is 0 Å². The number of aliphatic hydroxyl groups excluding tert-OH is 1. The zero-order valence-electron chi connectivity index (χ0n) is 12.4. The minimum Gasteiger partial charge on any atom is -0.382 e. The van der Waals surface area contributed by atoms with Gasteiger partial charge in [0.1, 0.15) is 12.6 Å². The third-order valence-electron chi connectivity index (χ3n) is 4.63. The van der Waals surface area contributed by atoms with Crippen molar-refractivity contribution in [1.82, 2.24) is 0 Å². The smallest absolute Gasteiger partial charge is 0.128 e. The van der Waals surface area contributed by atoms with Gasteiger partial charge in [0.05, 0.1) is 13.1 Å². The molecule has 1 aliphatic carbocycles. The number of rotatable bonds is 6. The van der Waals surface area contributed by atoms with Crippen molar-refractivity contribution in [3.8, 4) is 0 Å². The largest absolute Gasteiger partial charge is 0.382 e. The summed E-state index contributed by atoms with van der Waals surface area (Å²) in [4.78, 5) is 1.45. The Kier molecular flexibility index (Phi) is 5.41. The second-order valence-electron chi connectivity index (χ2n) is 5.83. The Bertz CT molecular complexity index is 363. The van der Waals surface area contributed by atoms with Gasteiger partial charge in [-0.05, 0) is 43.7 Å². The molecule has 106 valence electrons. The summed E-state index contributed by atoms with van der Waals surface area (Å²) in [5.74, 6) is 0.764. The maximum absolute atomic E-state index is 10.3. The number of benzene rings is 1. The lowest BCUT2D eigenvalue weighted by atomic mass is 9.95. The molecule has 2 heteroatoms. The molecular formula is C17H28NO+. The van der Waals surface area contributed by atoms with Gasteiger partial charge in [0.15, 0.2) is 0 Å². The summed E-state index contributed by atoms with van der Waals surface area (Å²) < 4.78 is 0. The fourth-order valence-corrected chi connectivity index (χ4v) is 3.18. The number of hydrogen-bond donors (Lipinski definition) is 2. The second kappa shape index (κ2) is 7.06. The molecule has 1 saturated carbocycles. The summed E-state index contributed by atoms with van der Waals surface area (Å²) in [6.45, 7) is 7.32. The van der Waals surface area contributed by atoms with Crippen molar-refractivity contribution in [2.45, 2.75) is 51.6 Å². The number of hydrogen-bond acceptors (Lipinski definition) is 1. The highest BCUT2D eigenvalue weighted by Gasteiger charge is 2.18. The Hall–Kier alpha value is -0.860. The molecule has 0 radical (unpaired) electrons. The third-order valence-corrected chi connectivity index (χ3v) is 4.63. The van der Waals surface area contributed by atoms with Crippen LogP contribution in [-0.2, 0) is 0 Å². The highest BCUT2D eigenvalue weighted by atomic mass is 16.3. The average Bonchev–Trinajstić information content (AvgIpc) is 2.99. The van der Waals surface area contributed by atoms with Gasteiger partial charge >= 0.3 is 0 Å². The first-order valence-electron chi connectivity index (χ1n) is 7.86. The highest BCUT2D eigenvalue weighted by molar-refractivity contribution is 5.27. The molecule has 1 aromatic rings. The molecule has 0 unspecified atom stereocenters. The summed E-state index contributed by atoms with van der Waals surface area (Å²) in [7, 11) is 0. The van der Waals surface area contributed by atoms with Crippen molar-refractivity contribution in [1.29, 1.82) is 0 Å². The molecule has 1 atom stereocenters. The van der Waals surface area contributed by atoms with E-state index in [0.717, 1.165) is 31.1 Å². The molecule has 19 heavy (non-hydrogen) atoms. The quantitative estimate of drug-likeness (QED) is 0.808. The minimum absolute atomic E-state index is 0.326. The standard InChI is InChI=1S/C17H27NO/c1-3-18(4-2)13-17(19)16-11-9-15(10-12-16)14-7-5-6-8-14/h9-12,14,17,19H,3-8,13H2,1-2H3/p+1/t17-/m0/s1. The number of nitrogens with one attached hydrogen (secondary N) is 1. The van der Waals surface area contributed by atoms with E-state index in [1.54, 1.807) is 0 Å². The Morgan fingerprint density at radius 1 is 1.11 bits per heavy atom. The van der Waals surface area contributed by atoms with Crippen LogP contribution in [0, 0.1) is 0 Å². The van der Waals surface area contributed by atoms with E-state index in [-0.39, 0.29) is 6.10 Å². The van der Waals surface area contributed by atoms with Gasteiger partial charge < -0.3 is 10.0 Å². The van der Waals surface area contributed by atoms with Gasteiger partial charge in [0.25, 0.3) is 0 Å². The Morgan fingerprint density at radius 2 is 1.68 bits per heavy atom. The molecule has 0 bridgehead atoms. The first kappa shape index (κ1) is 14.5. The number of quaternary nitrogens is 1. The topological polar surface area (TPSA) is 24.7 Å². The lowest BCUT2D eigenvalue weighted by molar-refractivity contribution is -0.900. The monoisotopic (exact) mass is 262 g/mol. The maximum Gasteiger partial charge on any atom is 0.128 e. The lowest BCUT2D eigenvalue weighted by Gasteiger charge is -2.20. The molecule has 2 N–H and O–H groups in total. The molecule has 0 amide bonds.